The Hall–Kier alpha value is -3.78. The van der Waals surface area contributed by atoms with Crippen molar-refractivity contribution in [2.45, 2.75) is 0 Å². The molecule has 134 valence electrons. The molecule has 0 bridgehead atoms. The van der Waals surface area contributed by atoms with Crippen molar-refractivity contribution in [2.24, 2.45) is 0 Å². The van der Waals surface area contributed by atoms with E-state index < -0.39 is 0 Å². The van der Waals surface area contributed by atoms with Gasteiger partial charge < -0.3 is 9.13 Å². The first-order valence-electron chi connectivity index (χ1n) is 9.44. The largest absolute Gasteiger partial charge is 0.323 e. The van der Waals surface area contributed by atoms with Crippen LogP contribution in [0.1, 0.15) is 0 Å². The van der Waals surface area contributed by atoms with Gasteiger partial charge in [0.15, 0.2) is 0 Å². The maximum Gasteiger partial charge on any atom is 0.0470 e. The molecule has 2 heteroatoms. The Balaban J connectivity index is 1.46. The van der Waals surface area contributed by atoms with Crippen LogP contribution in [0.15, 0.2) is 122 Å². The molecule has 0 atom stereocenters. The molecule has 0 aliphatic carbocycles. The number of aromatic nitrogens is 2. The molecule has 5 aromatic rings. The van der Waals surface area contributed by atoms with Crippen LogP contribution in [0, 0.1) is 0 Å². The Labute approximate surface area is 164 Å². The van der Waals surface area contributed by atoms with Crippen molar-refractivity contribution >= 4 is 0 Å². The lowest BCUT2D eigenvalue weighted by atomic mass is 10.1. The van der Waals surface area contributed by atoms with E-state index in [4.69, 9.17) is 0 Å². The predicted octanol–water partition coefficient (Wildman–Crippen LogP) is 6.60. The summed E-state index contributed by atoms with van der Waals surface area (Å²) in [5, 5.41) is 0. The smallest absolute Gasteiger partial charge is 0.0470 e. The summed E-state index contributed by atoms with van der Waals surface area (Å²) in [6, 6.07) is 33.9. The van der Waals surface area contributed by atoms with Crippen LogP contribution in [-0.4, -0.2) is 9.13 Å². The van der Waals surface area contributed by atoms with Crippen LogP contribution < -0.4 is 0 Å². The van der Waals surface area contributed by atoms with E-state index in [1.165, 1.54) is 22.3 Å². The fraction of sp³-hybridized carbons (Fsp3) is 0. The molecule has 0 saturated heterocycles. The normalized spacial score (nSPS) is 10.9. The van der Waals surface area contributed by atoms with E-state index in [2.05, 4.69) is 119 Å². The van der Waals surface area contributed by atoms with Crippen molar-refractivity contribution in [3.63, 3.8) is 0 Å². The quantitative estimate of drug-likeness (QED) is 0.342. The molecule has 0 spiro atoms. The third-order valence-electron chi connectivity index (χ3n) is 5.03. The first-order chi connectivity index (χ1) is 13.9. The van der Waals surface area contributed by atoms with Gasteiger partial charge in [-0.2, -0.15) is 0 Å². The van der Waals surface area contributed by atoms with E-state index in [0.29, 0.717) is 0 Å². The van der Waals surface area contributed by atoms with Crippen LogP contribution in [0.2, 0.25) is 0 Å². The SMILES string of the molecule is c1ccc(-c2ccn(-c3cccc(-n4ccc(-c5ccccc5)c4)c3)c2)cc1. The number of hydrogen-bond acceptors (Lipinski definition) is 0. The maximum atomic E-state index is 2.21. The predicted molar refractivity (Wildman–Crippen MR) is 116 cm³/mol. The van der Waals surface area contributed by atoms with Crippen LogP contribution >= 0.6 is 0 Å². The molecule has 0 unspecified atom stereocenters. The highest BCUT2D eigenvalue weighted by molar-refractivity contribution is 5.65. The van der Waals surface area contributed by atoms with Gasteiger partial charge in [-0.3, -0.25) is 0 Å². The minimum absolute atomic E-state index is 1.15. The van der Waals surface area contributed by atoms with Gasteiger partial charge in [0, 0.05) is 36.2 Å². The highest BCUT2D eigenvalue weighted by atomic mass is 15.0. The summed E-state index contributed by atoms with van der Waals surface area (Å²) in [5.74, 6) is 0. The summed E-state index contributed by atoms with van der Waals surface area (Å²) in [4.78, 5) is 0. The molecule has 2 heterocycles. The van der Waals surface area contributed by atoms with E-state index >= 15 is 0 Å². The Kier molecular flexibility index (Phi) is 4.15. The second kappa shape index (κ2) is 7.09. The summed E-state index contributed by atoms with van der Waals surface area (Å²) in [5.41, 5.74) is 7.20. The monoisotopic (exact) mass is 360 g/mol. The van der Waals surface area contributed by atoms with Gasteiger partial charge >= 0.3 is 0 Å². The zero-order valence-electron chi connectivity index (χ0n) is 15.4. The van der Waals surface area contributed by atoms with Gasteiger partial charge in [0.05, 0.1) is 0 Å². The molecule has 0 aliphatic rings. The minimum Gasteiger partial charge on any atom is -0.323 e. The van der Waals surface area contributed by atoms with E-state index in [1.54, 1.807) is 0 Å². The van der Waals surface area contributed by atoms with Crippen LogP contribution in [0.5, 0.6) is 0 Å². The molecule has 0 fully saturated rings. The number of rotatable bonds is 4. The summed E-state index contributed by atoms with van der Waals surface area (Å²) >= 11 is 0. The number of benzene rings is 3. The number of nitrogens with zero attached hydrogens (tertiary/aromatic N) is 2. The van der Waals surface area contributed by atoms with E-state index in [9.17, 15) is 0 Å². The fourth-order valence-corrected chi connectivity index (χ4v) is 3.53. The molecule has 0 amide bonds. The summed E-state index contributed by atoms with van der Waals surface area (Å²) in [7, 11) is 0. The summed E-state index contributed by atoms with van der Waals surface area (Å²) in [6.45, 7) is 0. The molecule has 3 aromatic carbocycles. The average Bonchev–Trinajstić information content (AvgIpc) is 3.46. The third-order valence-corrected chi connectivity index (χ3v) is 5.03. The van der Waals surface area contributed by atoms with Gasteiger partial charge in [-0.15, -0.1) is 0 Å². The number of hydrogen-bond donors (Lipinski definition) is 0. The highest BCUT2D eigenvalue weighted by Crippen LogP contribution is 2.24. The fourth-order valence-electron chi connectivity index (χ4n) is 3.53. The summed E-state index contributed by atoms with van der Waals surface area (Å²) in [6.07, 6.45) is 8.60. The van der Waals surface area contributed by atoms with Crippen LogP contribution in [0.3, 0.4) is 0 Å². The molecule has 0 radical (unpaired) electrons. The van der Waals surface area contributed by atoms with Crippen molar-refractivity contribution in [3.05, 3.63) is 122 Å². The Bertz CT molecular complexity index is 1100. The van der Waals surface area contributed by atoms with Crippen LogP contribution in [0.4, 0.5) is 0 Å². The first kappa shape index (κ1) is 16.4. The topological polar surface area (TPSA) is 9.86 Å². The van der Waals surface area contributed by atoms with E-state index in [0.717, 1.165) is 11.4 Å². The minimum atomic E-state index is 1.15. The molecule has 0 aliphatic heterocycles. The second-order valence-electron chi connectivity index (χ2n) is 6.87. The lowest BCUT2D eigenvalue weighted by Crippen LogP contribution is -1.94. The first-order valence-corrected chi connectivity index (χ1v) is 9.44. The molecule has 5 rings (SSSR count). The standard InChI is InChI=1S/C26H20N2/c1-3-8-21(9-4-1)23-14-16-27(19-23)25-12-7-13-26(18-25)28-17-15-24(20-28)22-10-5-2-6-11-22/h1-20H. The molecular formula is C26H20N2. The van der Waals surface area contributed by atoms with Crippen LogP contribution in [0.25, 0.3) is 33.6 Å². The maximum absolute atomic E-state index is 2.21. The molecule has 2 aromatic heterocycles. The van der Waals surface area contributed by atoms with Gasteiger partial charge in [-0.1, -0.05) is 66.7 Å². The van der Waals surface area contributed by atoms with Gasteiger partial charge in [-0.05, 0) is 52.6 Å². The average molecular weight is 360 g/mol. The van der Waals surface area contributed by atoms with Crippen LogP contribution in [-0.2, 0) is 0 Å². The third kappa shape index (κ3) is 3.17. The second-order valence-corrected chi connectivity index (χ2v) is 6.87. The Morgan fingerprint density at radius 1 is 0.393 bits per heavy atom. The van der Waals surface area contributed by atoms with Crippen molar-refractivity contribution in [3.8, 4) is 33.6 Å². The molecule has 0 saturated carbocycles. The van der Waals surface area contributed by atoms with Gasteiger partial charge in [0.25, 0.3) is 0 Å². The van der Waals surface area contributed by atoms with Gasteiger partial charge in [-0.25, -0.2) is 0 Å². The molecule has 2 nitrogen and oxygen atoms in total. The Morgan fingerprint density at radius 3 is 1.32 bits per heavy atom. The lowest BCUT2D eigenvalue weighted by molar-refractivity contribution is 1.04. The molecule has 28 heavy (non-hydrogen) atoms. The lowest BCUT2D eigenvalue weighted by Gasteiger charge is -2.08. The van der Waals surface area contributed by atoms with Gasteiger partial charge in [0.1, 0.15) is 0 Å². The highest BCUT2D eigenvalue weighted by Gasteiger charge is 2.05. The van der Waals surface area contributed by atoms with E-state index in [1.807, 2.05) is 12.1 Å². The zero-order chi connectivity index (χ0) is 18.8. The molecular weight excluding hydrogens is 340 g/mol. The van der Waals surface area contributed by atoms with Crippen molar-refractivity contribution in [2.75, 3.05) is 0 Å². The van der Waals surface area contributed by atoms with Gasteiger partial charge in [0.2, 0.25) is 0 Å². The Morgan fingerprint density at radius 2 is 0.857 bits per heavy atom. The summed E-state index contributed by atoms with van der Waals surface area (Å²) < 4.78 is 4.35. The zero-order valence-corrected chi connectivity index (χ0v) is 15.4. The van der Waals surface area contributed by atoms with Crippen molar-refractivity contribution in [1.29, 1.82) is 0 Å². The van der Waals surface area contributed by atoms with E-state index in [-0.39, 0.29) is 0 Å². The van der Waals surface area contributed by atoms with Crippen molar-refractivity contribution in [1.82, 2.24) is 9.13 Å². The molecule has 0 N–H and O–H groups in total. The van der Waals surface area contributed by atoms with Crippen molar-refractivity contribution < 1.29 is 0 Å².